The average molecular weight is 461 g/mol. The molecule has 4 nitrogen and oxygen atoms in total. The predicted octanol–water partition coefficient (Wildman–Crippen LogP) is 5.06. The maximum Gasteiger partial charge on any atom is 0.363 e. The molecule has 0 unspecified atom stereocenters. The highest BCUT2D eigenvalue weighted by molar-refractivity contribution is 14.1. The second-order valence-corrected chi connectivity index (χ2v) is 7.58. The van der Waals surface area contributed by atoms with E-state index in [0.717, 1.165) is 26.9 Å². The Labute approximate surface area is 167 Å². The summed E-state index contributed by atoms with van der Waals surface area (Å²) in [5.41, 5.74) is 1.99. The van der Waals surface area contributed by atoms with Crippen molar-refractivity contribution in [2.75, 3.05) is 6.61 Å². The molecule has 0 atom stereocenters. The average Bonchev–Trinajstić information content (AvgIpc) is 2.97. The Morgan fingerprint density at radius 1 is 1.15 bits per heavy atom. The molecule has 2 aromatic rings. The molecule has 0 N–H and O–H groups in total. The predicted molar refractivity (Wildman–Crippen MR) is 111 cm³/mol. The zero-order chi connectivity index (χ0) is 18.5. The summed E-state index contributed by atoms with van der Waals surface area (Å²) >= 11 is 2.20. The molecule has 2 aromatic carbocycles. The van der Waals surface area contributed by atoms with Gasteiger partial charge in [-0.3, -0.25) is 0 Å². The van der Waals surface area contributed by atoms with Gasteiger partial charge in [-0.05, 0) is 70.8 Å². The summed E-state index contributed by atoms with van der Waals surface area (Å²) in [5, 5.41) is 0. The van der Waals surface area contributed by atoms with Crippen molar-refractivity contribution in [3.63, 3.8) is 0 Å². The largest absolute Gasteiger partial charge is 0.494 e. The molecule has 1 heterocycles. The highest BCUT2D eigenvalue weighted by atomic mass is 127. The van der Waals surface area contributed by atoms with Gasteiger partial charge < -0.3 is 9.47 Å². The van der Waals surface area contributed by atoms with Gasteiger partial charge in [-0.2, -0.15) is 0 Å². The number of halogens is 1. The molecule has 0 saturated carbocycles. The number of carbonyl (C=O) groups excluding carboxylic acids is 1. The fraction of sp³-hybridized carbons (Fsp3) is 0.238. The van der Waals surface area contributed by atoms with Crippen molar-refractivity contribution in [3.8, 4) is 5.75 Å². The summed E-state index contributed by atoms with van der Waals surface area (Å²) < 4.78 is 12.0. The Morgan fingerprint density at radius 3 is 2.58 bits per heavy atom. The van der Waals surface area contributed by atoms with Crippen molar-refractivity contribution in [2.45, 2.75) is 20.3 Å². The SMILES string of the molecule is CC(C)CCOc1ccc(C=C2N=C(c3ccccc3I)OC2=O)cc1. The van der Waals surface area contributed by atoms with E-state index in [2.05, 4.69) is 41.4 Å². The van der Waals surface area contributed by atoms with E-state index in [-0.39, 0.29) is 0 Å². The number of nitrogens with zero attached hydrogens (tertiary/aromatic N) is 1. The maximum atomic E-state index is 12.1. The topological polar surface area (TPSA) is 47.9 Å². The second-order valence-electron chi connectivity index (χ2n) is 6.42. The van der Waals surface area contributed by atoms with Crippen LogP contribution in [0.3, 0.4) is 0 Å². The summed E-state index contributed by atoms with van der Waals surface area (Å²) in [6.45, 7) is 5.04. The molecule has 134 valence electrons. The first-order chi connectivity index (χ1) is 12.5. The number of rotatable bonds is 6. The molecule has 5 heteroatoms. The van der Waals surface area contributed by atoms with Crippen LogP contribution in [0.2, 0.25) is 0 Å². The Morgan fingerprint density at radius 2 is 1.88 bits per heavy atom. The van der Waals surface area contributed by atoms with Gasteiger partial charge in [-0.15, -0.1) is 0 Å². The van der Waals surface area contributed by atoms with Gasteiger partial charge in [0.2, 0.25) is 5.90 Å². The number of ether oxygens (including phenoxy) is 2. The van der Waals surface area contributed by atoms with E-state index in [1.54, 1.807) is 6.08 Å². The molecule has 0 spiro atoms. The van der Waals surface area contributed by atoms with Gasteiger partial charge in [0.25, 0.3) is 0 Å². The molecule has 0 aliphatic carbocycles. The number of hydrogen-bond donors (Lipinski definition) is 0. The van der Waals surface area contributed by atoms with Gasteiger partial charge in [-0.25, -0.2) is 9.79 Å². The van der Waals surface area contributed by atoms with Crippen LogP contribution in [-0.4, -0.2) is 18.5 Å². The molecule has 0 radical (unpaired) electrons. The van der Waals surface area contributed by atoms with E-state index in [0.29, 0.717) is 24.1 Å². The van der Waals surface area contributed by atoms with Crippen LogP contribution < -0.4 is 4.74 Å². The number of hydrogen-bond acceptors (Lipinski definition) is 4. The quantitative estimate of drug-likeness (QED) is 0.343. The first-order valence-corrected chi connectivity index (χ1v) is 9.61. The Balaban J connectivity index is 1.73. The van der Waals surface area contributed by atoms with Crippen LogP contribution in [0.4, 0.5) is 0 Å². The molecule has 26 heavy (non-hydrogen) atoms. The van der Waals surface area contributed by atoms with Crippen LogP contribution in [-0.2, 0) is 9.53 Å². The summed E-state index contributed by atoms with van der Waals surface area (Å²) in [7, 11) is 0. The Kier molecular flexibility index (Phi) is 6.08. The number of aliphatic imine (C=N–C) groups is 1. The fourth-order valence-corrected chi connectivity index (χ4v) is 3.01. The first kappa shape index (κ1) is 18.6. The molecular weight excluding hydrogens is 441 g/mol. The van der Waals surface area contributed by atoms with Gasteiger partial charge in [0, 0.05) is 3.57 Å². The van der Waals surface area contributed by atoms with Gasteiger partial charge >= 0.3 is 5.97 Å². The fourth-order valence-electron chi connectivity index (χ4n) is 2.39. The molecule has 0 aromatic heterocycles. The van der Waals surface area contributed by atoms with Gasteiger partial charge in [-0.1, -0.05) is 38.1 Å². The van der Waals surface area contributed by atoms with Crippen LogP contribution in [0.15, 0.2) is 59.2 Å². The van der Waals surface area contributed by atoms with Crippen molar-refractivity contribution in [3.05, 3.63) is 68.9 Å². The number of carbonyl (C=O) groups is 1. The summed E-state index contributed by atoms with van der Waals surface area (Å²) in [4.78, 5) is 16.5. The molecule has 1 aliphatic rings. The minimum atomic E-state index is -0.433. The van der Waals surface area contributed by atoms with E-state index >= 15 is 0 Å². The zero-order valence-corrected chi connectivity index (χ0v) is 16.9. The number of esters is 1. The summed E-state index contributed by atoms with van der Waals surface area (Å²) in [5.74, 6) is 1.36. The van der Waals surface area contributed by atoms with Gasteiger partial charge in [0.15, 0.2) is 5.70 Å². The normalized spacial score (nSPS) is 15.3. The third kappa shape index (κ3) is 4.72. The lowest BCUT2D eigenvalue weighted by atomic mass is 10.1. The first-order valence-electron chi connectivity index (χ1n) is 8.53. The molecule has 3 rings (SSSR count). The summed E-state index contributed by atoms with van der Waals surface area (Å²) in [6.07, 6.45) is 2.75. The molecule has 1 aliphatic heterocycles. The minimum Gasteiger partial charge on any atom is -0.494 e. The lowest BCUT2D eigenvalue weighted by Crippen LogP contribution is -2.06. The van der Waals surface area contributed by atoms with Crippen molar-refractivity contribution in [2.24, 2.45) is 10.9 Å². The van der Waals surface area contributed by atoms with E-state index in [4.69, 9.17) is 9.47 Å². The van der Waals surface area contributed by atoms with E-state index in [9.17, 15) is 4.79 Å². The molecule has 0 saturated heterocycles. The highest BCUT2D eigenvalue weighted by Crippen LogP contribution is 2.23. The van der Waals surface area contributed by atoms with Gasteiger partial charge in [0.1, 0.15) is 5.75 Å². The molecular formula is C21H20INO3. The van der Waals surface area contributed by atoms with E-state index < -0.39 is 5.97 Å². The van der Waals surface area contributed by atoms with Crippen molar-refractivity contribution >= 4 is 40.5 Å². The third-order valence-corrected chi connectivity index (χ3v) is 4.81. The smallest absolute Gasteiger partial charge is 0.363 e. The Hall–Kier alpha value is -2.15. The molecule has 0 amide bonds. The van der Waals surface area contributed by atoms with Crippen LogP contribution in [0.25, 0.3) is 6.08 Å². The van der Waals surface area contributed by atoms with Crippen molar-refractivity contribution in [1.82, 2.24) is 0 Å². The minimum absolute atomic E-state index is 0.299. The lowest BCUT2D eigenvalue weighted by Gasteiger charge is -2.08. The number of cyclic esters (lactones) is 1. The third-order valence-electron chi connectivity index (χ3n) is 3.87. The van der Waals surface area contributed by atoms with Gasteiger partial charge in [0.05, 0.1) is 12.2 Å². The monoisotopic (exact) mass is 461 g/mol. The highest BCUT2D eigenvalue weighted by Gasteiger charge is 2.25. The van der Waals surface area contributed by atoms with E-state index in [1.165, 1.54) is 0 Å². The Bertz CT molecular complexity index is 854. The lowest BCUT2D eigenvalue weighted by molar-refractivity contribution is -0.129. The van der Waals surface area contributed by atoms with Crippen LogP contribution >= 0.6 is 22.6 Å². The van der Waals surface area contributed by atoms with Crippen molar-refractivity contribution < 1.29 is 14.3 Å². The molecule has 0 fully saturated rings. The van der Waals surface area contributed by atoms with E-state index in [1.807, 2.05) is 48.5 Å². The molecule has 0 bridgehead atoms. The maximum absolute atomic E-state index is 12.1. The van der Waals surface area contributed by atoms with Crippen molar-refractivity contribution in [1.29, 1.82) is 0 Å². The van der Waals surface area contributed by atoms with Crippen LogP contribution in [0.5, 0.6) is 5.75 Å². The number of benzene rings is 2. The van der Waals surface area contributed by atoms with Crippen LogP contribution in [0, 0.1) is 9.49 Å². The van der Waals surface area contributed by atoms with Crippen LogP contribution in [0.1, 0.15) is 31.4 Å². The standard InChI is InChI=1S/C21H20INO3/c1-14(2)11-12-25-16-9-7-15(8-10-16)13-19-21(24)26-20(23-19)17-5-3-4-6-18(17)22/h3-10,13-14H,11-12H2,1-2H3. The second kappa shape index (κ2) is 8.49. The zero-order valence-electron chi connectivity index (χ0n) is 14.7. The summed E-state index contributed by atoms with van der Waals surface area (Å²) in [6, 6.07) is 15.3.